The SMILES string of the molecule is CCCC(C)Sc1ccc(OC)c(N2CCNCC2C)c1. The minimum absolute atomic E-state index is 0.501. The summed E-state index contributed by atoms with van der Waals surface area (Å²) in [5, 5.41) is 4.11. The lowest BCUT2D eigenvalue weighted by atomic mass is 10.1. The van der Waals surface area contributed by atoms with Crippen molar-refractivity contribution in [1.82, 2.24) is 5.32 Å². The molecule has 0 radical (unpaired) electrons. The molecule has 0 aromatic heterocycles. The third-order valence-corrected chi connectivity index (χ3v) is 5.16. The van der Waals surface area contributed by atoms with Crippen LogP contribution in [0.5, 0.6) is 5.75 Å². The maximum Gasteiger partial charge on any atom is 0.142 e. The van der Waals surface area contributed by atoms with Gasteiger partial charge in [0.15, 0.2) is 0 Å². The normalized spacial score (nSPS) is 20.4. The molecule has 3 nitrogen and oxygen atoms in total. The molecule has 1 saturated heterocycles. The lowest BCUT2D eigenvalue weighted by molar-refractivity contribution is 0.408. The number of methoxy groups -OCH3 is 1. The molecule has 118 valence electrons. The highest BCUT2D eigenvalue weighted by molar-refractivity contribution is 7.99. The topological polar surface area (TPSA) is 24.5 Å². The monoisotopic (exact) mass is 308 g/mol. The van der Waals surface area contributed by atoms with E-state index in [4.69, 9.17) is 4.74 Å². The van der Waals surface area contributed by atoms with Crippen molar-refractivity contribution in [3.05, 3.63) is 18.2 Å². The van der Waals surface area contributed by atoms with Crippen LogP contribution in [0, 0.1) is 0 Å². The third-order valence-electron chi connectivity index (χ3n) is 3.99. The zero-order valence-corrected chi connectivity index (χ0v) is 14.5. The molecular weight excluding hydrogens is 280 g/mol. The first-order valence-corrected chi connectivity index (χ1v) is 8.85. The molecule has 2 atom stereocenters. The predicted octanol–water partition coefficient (Wildman–Crippen LogP) is 3.77. The molecule has 4 heteroatoms. The first kappa shape index (κ1) is 16.5. The Morgan fingerprint density at radius 2 is 2.29 bits per heavy atom. The number of thioether (sulfide) groups is 1. The largest absolute Gasteiger partial charge is 0.495 e. The van der Waals surface area contributed by atoms with Gasteiger partial charge in [0.05, 0.1) is 12.8 Å². The Labute approximate surface area is 133 Å². The first-order chi connectivity index (χ1) is 10.2. The van der Waals surface area contributed by atoms with Crippen molar-refractivity contribution in [2.24, 2.45) is 0 Å². The van der Waals surface area contributed by atoms with Crippen LogP contribution in [0.3, 0.4) is 0 Å². The molecule has 1 N–H and O–H groups in total. The summed E-state index contributed by atoms with van der Waals surface area (Å²) in [6.07, 6.45) is 2.50. The molecule has 2 rings (SSSR count). The van der Waals surface area contributed by atoms with Gasteiger partial charge in [-0.05, 0) is 31.5 Å². The van der Waals surface area contributed by atoms with Gasteiger partial charge in [-0.3, -0.25) is 0 Å². The van der Waals surface area contributed by atoms with Gasteiger partial charge >= 0.3 is 0 Å². The van der Waals surface area contributed by atoms with Gasteiger partial charge in [0.1, 0.15) is 5.75 Å². The number of anilines is 1. The predicted molar refractivity (Wildman–Crippen MR) is 92.9 cm³/mol. The molecule has 21 heavy (non-hydrogen) atoms. The molecule has 1 aliphatic rings. The molecule has 0 saturated carbocycles. The number of nitrogens with zero attached hydrogens (tertiary/aromatic N) is 1. The van der Waals surface area contributed by atoms with E-state index >= 15 is 0 Å². The van der Waals surface area contributed by atoms with Gasteiger partial charge in [-0.2, -0.15) is 0 Å². The van der Waals surface area contributed by atoms with Crippen molar-refractivity contribution >= 4 is 17.4 Å². The quantitative estimate of drug-likeness (QED) is 0.809. The van der Waals surface area contributed by atoms with Crippen LogP contribution in [0.1, 0.15) is 33.6 Å². The Balaban J connectivity index is 2.21. The van der Waals surface area contributed by atoms with Crippen molar-refractivity contribution in [2.75, 3.05) is 31.6 Å². The second kappa shape index (κ2) is 7.95. The number of hydrogen-bond donors (Lipinski definition) is 1. The van der Waals surface area contributed by atoms with Crippen molar-refractivity contribution < 1.29 is 4.74 Å². The van der Waals surface area contributed by atoms with Gasteiger partial charge in [0.25, 0.3) is 0 Å². The maximum atomic E-state index is 5.58. The summed E-state index contributed by atoms with van der Waals surface area (Å²) in [4.78, 5) is 3.81. The van der Waals surface area contributed by atoms with Gasteiger partial charge in [-0.1, -0.05) is 20.3 Å². The van der Waals surface area contributed by atoms with E-state index in [1.807, 2.05) is 11.8 Å². The van der Waals surface area contributed by atoms with Crippen LogP contribution in [-0.2, 0) is 0 Å². The van der Waals surface area contributed by atoms with E-state index < -0.39 is 0 Å². The van der Waals surface area contributed by atoms with Gasteiger partial charge in [0, 0.05) is 35.8 Å². The average molecular weight is 308 g/mol. The fourth-order valence-electron chi connectivity index (χ4n) is 2.86. The van der Waals surface area contributed by atoms with E-state index in [1.54, 1.807) is 7.11 Å². The Morgan fingerprint density at radius 1 is 1.48 bits per heavy atom. The molecule has 0 amide bonds. The fraction of sp³-hybridized carbons (Fsp3) is 0.647. The highest BCUT2D eigenvalue weighted by Crippen LogP contribution is 2.36. The van der Waals surface area contributed by atoms with E-state index in [0.29, 0.717) is 11.3 Å². The van der Waals surface area contributed by atoms with Gasteiger partial charge in [-0.15, -0.1) is 11.8 Å². The molecule has 1 aliphatic heterocycles. The zero-order valence-electron chi connectivity index (χ0n) is 13.7. The lowest BCUT2D eigenvalue weighted by Gasteiger charge is -2.36. The van der Waals surface area contributed by atoms with E-state index in [0.717, 1.165) is 25.4 Å². The summed E-state index contributed by atoms with van der Waals surface area (Å²) < 4.78 is 5.58. The lowest BCUT2D eigenvalue weighted by Crippen LogP contribution is -2.50. The second-order valence-electron chi connectivity index (χ2n) is 5.80. The minimum atomic E-state index is 0.501. The second-order valence-corrected chi connectivity index (χ2v) is 7.31. The Kier molecular flexibility index (Phi) is 6.24. The number of hydrogen-bond acceptors (Lipinski definition) is 4. The molecule has 1 aromatic carbocycles. The molecule has 1 heterocycles. The minimum Gasteiger partial charge on any atom is -0.495 e. The van der Waals surface area contributed by atoms with E-state index in [1.165, 1.54) is 23.4 Å². The van der Waals surface area contributed by atoms with Crippen LogP contribution in [0.15, 0.2) is 23.1 Å². The Hall–Kier alpha value is -0.870. The summed E-state index contributed by atoms with van der Waals surface area (Å²) in [7, 11) is 1.76. The van der Waals surface area contributed by atoms with Crippen molar-refractivity contribution in [1.29, 1.82) is 0 Å². The fourth-order valence-corrected chi connectivity index (χ4v) is 4.01. The highest BCUT2D eigenvalue weighted by Gasteiger charge is 2.21. The van der Waals surface area contributed by atoms with Crippen LogP contribution in [0.4, 0.5) is 5.69 Å². The van der Waals surface area contributed by atoms with Crippen molar-refractivity contribution in [3.63, 3.8) is 0 Å². The molecule has 0 bridgehead atoms. The number of rotatable bonds is 6. The summed E-state index contributed by atoms with van der Waals surface area (Å²) in [6.45, 7) is 9.94. The molecule has 2 unspecified atom stereocenters. The summed E-state index contributed by atoms with van der Waals surface area (Å²) in [5.41, 5.74) is 1.24. The number of piperazine rings is 1. The average Bonchev–Trinajstić information content (AvgIpc) is 2.48. The summed E-state index contributed by atoms with van der Waals surface area (Å²) in [5.74, 6) is 0.983. The van der Waals surface area contributed by atoms with Crippen LogP contribution in [-0.4, -0.2) is 38.0 Å². The Bertz CT molecular complexity index is 452. The van der Waals surface area contributed by atoms with E-state index in [9.17, 15) is 0 Å². The van der Waals surface area contributed by atoms with E-state index in [-0.39, 0.29) is 0 Å². The molecule has 0 aliphatic carbocycles. The first-order valence-electron chi connectivity index (χ1n) is 7.97. The zero-order chi connectivity index (χ0) is 15.2. The van der Waals surface area contributed by atoms with Crippen LogP contribution < -0.4 is 15.0 Å². The summed E-state index contributed by atoms with van der Waals surface area (Å²) in [6, 6.07) is 7.11. The molecular formula is C17H28N2OS. The smallest absolute Gasteiger partial charge is 0.142 e. The van der Waals surface area contributed by atoms with Crippen molar-refractivity contribution in [3.8, 4) is 5.75 Å². The number of benzene rings is 1. The van der Waals surface area contributed by atoms with Gasteiger partial charge in [-0.25, -0.2) is 0 Å². The van der Waals surface area contributed by atoms with Crippen LogP contribution in [0.25, 0.3) is 0 Å². The van der Waals surface area contributed by atoms with Crippen molar-refractivity contribution in [2.45, 2.75) is 49.8 Å². The number of nitrogens with one attached hydrogen (secondary N) is 1. The molecule has 1 fully saturated rings. The van der Waals surface area contributed by atoms with Crippen LogP contribution >= 0.6 is 11.8 Å². The standard InChI is InChI=1S/C17H28N2OS/c1-5-6-14(3)21-15-7-8-17(20-4)16(11-15)19-10-9-18-12-13(19)2/h7-8,11,13-14,18H,5-6,9-10,12H2,1-4H3. The maximum absolute atomic E-state index is 5.58. The summed E-state index contributed by atoms with van der Waals surface area (Å²) >= 11 is 1.97. The number of ether oxygens (including phenoxy) is 1. The molecule has 1 aromatic rings. The van der Waals surface area contributed by atoms with Gasteiger partial charge in [0.2, 0.25) is 0 Å². The third kappa shape index (κ3) is 4.30. The van der Waals surface area contributed by atoms with Crippen LogP contribution in [0.2, 0.25) is 0 Å². The molecule has 0 spiro atoms. The van der Waals surface area contributed by atoms with E-state index in [2.05, 4.69) is 49.2 Å². The Morgan fingerprint density at radius 3 is 2.95 bits per heavy atom. The highest BCUT2D eigenvalue weighted by atomic mass is 32.2. The van der Waals surface area contributed by atoms with Gasteiger partial charge < -0.3 is 15.0 Å².